The molecule has 0 spiro atoms. The molecule has 5 nitrogen and oxygen atoms in total. The van der Waals surface area contributed by atoms with Crippen molar-refractivity contribution >= 4 is 43.7 Å². The Labute approximate surface area is 322 Å². The molecule has 5 heteroatoms. The van der Waals surface area contributed by atoms with E-state index in [0.29, 0.717) is 17.6 Å². The zero-order chi connectivity index (χ0) is 37.0. The minimum atomic E-state index is 0.566. The van der Waals surface area contributed by atoms with Gasteiger partial charge in [-0.3, -0.25) is 4.57 Å². The Morgan fingerprint density at radius 1 is 0.357 bits per heavy atom. The van der Waals surface area contributed by atoms with Crippen molar-refractivity contribution in [1.29, 1.82) is 0 Å². The first-order chi connectivity index (χ1) is 27.8. The lowest BCUT2D eigenvalue weighted by molar-refractivity contribution is 0.670. The summed E-state index contributed by atoms with van der Waals surface area (Å²) in [6.45, 7) is 0. The Morgan fingerprint density at radius 3 is 1.64 bits per heavy atom. The van der Waals surface area contributed by atoms with Crippen LogP contribution in [0.2, 0.25) is 0 Å². The second kappa shape index (κ2) is 13.0. The van der Waals surface area contributed by atoms with E-state index in [-0.39, 0.29) is 0 Å². The Bertz CT molecular complexity index is 3220. The van der Waals surface area contributed by atoms with Crippen LogP contribution in [0.3, 0.4) is 0 Å². The molecule has 0 fully saturated rings. The number of hydrogen-bond donors (Lipinski definition) is 0. The van der Waals surface area contributed by atoms with Gasteiger partial charge in [0.2, 0.25) is 5.95 Å². The maximum absolute atomic E-state index is 6.62. The summed E-state index contributed by atoms with van der Waals surface area (Å²) in [5.74, 6) is 1.80. The Hall–Kier alpha value is -7.63. The van der Waals surface area contributed by atoms with Crippen LogP contribution in [0.5, 0.6) is 0 Å². The van der Waals surface area contributed by atoms with Crippen LogP contribution >= 0.6 is 0 Å². The van der Waals surface area contributed by atoms with Crippen molar-refractivity contribution in [3.05, 3.63) is 194 Å². The third-order valence-corrected chi connectivity index (χ3v) is 10.7. The highest BCUT2D eigenvalue weighted by Crippen LogP contribution is 2.42. The Balaban J connectivity index is 1.09. The normalized spacial score (nSPS) is 11.6. The number of furan rings is 1. The van der Waals surface area contributed by atoms with Gasteiger partial charge in [-0.15, -0.1) is 0 Å². The van der Waals surface area contributed by atoms with Crippen molar-refractivity contribution in [3.63, 3.8) is 0 Å². The molecule has 0 aliphatic carbocycles. The number of nitrogens with zero attached hydrogens (tertiary/aromatic N) is 4. The zero-order valence-electron chi connectivity index (χ0n) is 30.2. The van der Waals surface area contributed by atoms with Gasteiger partial charge in [-0.2, -0.15) is 9.97 Å². The van der Waals surface area contributed by atoms with Crippen LogP contribution in [0.4, 0.5) is 0 Å². The van der Waals surface area contributed by atoms with Crippen LogP contribution in [0.15, 0.2) is 199 Å². The molecule has 11 rings (SSSR count). The van der Waals surface area contributed by atoms with Crippen LogP contribution in [0, 0.1) is 0 Å². The molecule has 262 valence electrons. The summed E-state index contributed by atoms with van der Waals surface area (Å²) in [6, 6.07) is 67.4. The summed E-state index contributed by atoms with van der Waals surface area (Å²) in [5, 5.41) is 4.44. The highest BCUT2D eigenvalue weighted by Gasteiger charge is 2.20. The fourth-order valence-corrected chi connectivity index (χ4v) is 8.04. The largest absolute Gasteiger partial charge is 0.455 e. The number of fused-ring (bicyclic) bond motifs is 6. The molecular formula is C51H32N4O. The van der Waals surface area contributed by atoms with E-state index in [9.17, 15) is 0 Å². The number of hydrogen-bond acceptors (Lipinski definition) is 4. The predicted molar refractivity (Wildman–Crippen MR) is 229 cm³/mol. The summed E-state index contributed by atoms with van der Waals surface area (Å²) in [7, 11) is 0. The van der Waals surface area contributed by atoms with Crippen molar-refractivity contribution in [1.82, 2.24) is 19.5 Å². The molecule has 0 saturated carbocycles. The van der Waals surface area contributed by atoms with E-state index in [4.69, 9.17) is 19.4 Å². The molecule has 11 aromatic rings. The summed E-state index contributed by atoms with van der Waals surface area (Å²) in [5.41, 5.74) is 12.4. The molecule has 0 amide bonds. The van der Waals surface area contributed by atoms with E-state index >= 15 is 0 Å². The van der Waals surface area contributed by atoms with Gasteiger partial charge in [-0.05, 0) is 52.1 Å². The fourth-order valence-electron chi connectivity index (χ4n) is 8.04. The first-order valence-corrected chi connectivity index (χ1v) is 18.8. The maximum Gasteiger partial charge on any atom is 0.238 e. The van der Waals surface area contributed by atoms with Crippen molar-refractivity contribution in [3.8, 4) is 62.1 Å². The first-order valence-electron chi connectivity index (χ1n) is 18.8. The lowest BCUT2D eigenvalue weighted by Gasteiger charge is -2.11. The van der Waals surface area contributed by atoms with Gasteiger partial charge in [-0.25, -0.2) is 4.98 Å². The molecule has 0 atom stereocenters. The monoisotopic (exact) mass is 716 g/mol. The quantitative estimate of drug-likeness (QED) is 0.172. The molecule has 3 heterocycles. The Morgan fingerprint density at radius 2 is 0.893 bits per heavy atom. The first kappa shape index (κ1) is 31.9. The van der Waals surface area contributed by atoms with Crippen LogP contribution < -0.4 is 0 Å². The van der Waals surface area contributed by atoms with Crippen molar-refractivity contribution in [2.24, 2.45) is 0 Å². The lowest BCUT2D eigenvalue weighted by atomic mass is 9.96. The smallest absolute Gasteiger partial charge is 0.238 e. The van der Waals surface area contributed by atoms with Crippen molar-refractivity contribution in [2.75, 3.05) is 0 Å². The third-order valence-electron chi connectivity index (χ3n) is 10.7. The molecule has 0 radical (unpaired) electrons. The van der Waals surface area contributed by atoms with Crippen molar-refractivity contribution in [2.45, 2.75) is 0 Å². The van der Waals surface area contributed by atoms with Gasteiger partial charge in [0.05, 0.1) is 11.0 Å². The molecule has 0 saturated heterocycles. The molecule has 8 aromatic carbocycles. The highest BCUT2D eigenvalue weighted by molar-refractivity contribution is 6.17. The average molecular weight is 717 g/mol. The summed E-state index contributed by atoms with van der Waals surface area (Å²) in [4.78, 5) is 15.4. The lowest BCUT2D eigenvalue weighted by Crippen LogP contribution is -2.06. The number of para-hydroxylation sites is 2. The van der Waals surface area contributed by atoms with E-state index in [0.717, 1.165) is 82.7 Å². The zero-order valence-corrected chi connectivity index (χ0v) is 30.2. The number of rotatable bonds is 6. The number of benzene rings is 8. The third kappa shape index (κ3) is 5.29. The summed E-state index contributed by atoms with van der Waals surface area (Å²) >= 11 is 0. The highest BCUT2D eigenvalue weighted by atomic mass is 16.3. The summed E-state index contributed by atoms with van der Waals surface area (Å²) < 4.78 is 8.79. The minimum absolute atomic E-state index is 0.566. The van der Waals surface area contributed by atoms with Gasteiger partial charge in [0.15, 0.2) is 11.6 Å². The van der Waals surface area contributed by atoms with Crippen LogP contribution in [0.1, 0.15) is 0 Å². The van der Waals surface area contributed by atoms with Gasteiger partial charge in [0.25, 0.3) is 0 Å². The van der Waals surface area contributed by atoms with E-state index in [2.05, 4.69) is 156 Å². The van der Waals surface area contributed by atoms with E-state index < -0.39 is 0 Å². The van der Waals surface area contributed by atoms with Gasteiger partial charge in [0, 0.05) is 38.2 Å². The fraction of sp³-hybridized carbons (Fsp3) is 0. The van der Waals surface area contributed by atoms with Crippen molar-refractivity contribution < 1.29 is 4.42 Å². The second-order valence-electron chi connectivity index (χ2n) is 14.0. The minimum Gasteiger partial charge on any atom is -0.455 e. The van der Waals surface area contributed by atoms with Gasteiger partial charge in [-0.1, -0.05) is 170 Å². The molecule has 0 N–H and O–H groups in total. The van der Waals surface area contributed by atoms with Crippen LogP contribution in [-0.2, 0) is 0 Å². The molecule has 56 heavy (non-hydrogen) atoms. The van der Waals surface area contributed by atoms with Crippen LogP contribution in [0.25, 0.3) is 106 Å². The summed E-state index contributed by atoms with van der Waals surface area (Å²) in [6.07, 6.45) is 0. The topological polar surface area (TPSA) is 56.7 Å². The molecule has 3 aromatic heterocycles. The van der Waals surface area contributed by atoms with E-state index in [1.807, 2.05) is 42.5 Å². The van der Waals surface area contributed by atoms with Gasteiger partial charge >= 0.3 is 0 Å². The van der Waals surface area contributed by atoms with Crippen LogP contribution in [-0.4, -0.2) is 19.5 Å². The standard InChI is InChI=1S/C51H32N4O/c1-4-14-33(15-5-1)34-26-28-37(29-27-34)50-52-49(36-18-8-3-9-19-36)53-51(54-50)55-44-24-11-10-20-41(44)43-32-38(30-31-45(43)55)39-21-13-25-46-47(39)42-23-12-22-40(48(42)56-46)35-16-6-2-7-17-35/h1-32H. The second-order valence-corrected chi connectivity index (χ2v) is 14.0. The Kier molecular flexibility index (Phi) is 7.42. The molecule has 0 unspecified atom stereocenters. The maximum atomic E-state index is 6.62. The molecular weight excluding hydrogens is 685 g/mol. The molecule has 0 aliphatic heterocycles. The predicted octanol–water partition coefficient (Wildman–Crippen LogP) is 13.2. The van der Waals surface area contributed by atoms with E-state index in [1.165, 1.54) is 5.56 Å². The van der Waals surface area contributed by atoms with Gasteiger partial charge in [0.1, 0.15) is 11.2 Å². The molecule has 0 aliphatic rings. The van der Waals surface area contributed by atoms with Gasteiger partial charge < -0.3 is 4.42 Å². The average Bonchev–Trinajstić information content (AvgIpc) is 3.83. The van der Waals surface area contributed by atoms with E-state index in [1.54, 1.807) is 0 Å². The molecule has 0 bridgehead atoms. The number of aromatic nitrogens is 4. The SMILES string of the molecule is c1ccc(-c2ccc(-c3nc(-c4ccccc4)nc(-n4c5ccccc5c5cc(-c6cccc7oc8c(-c9ccccc9)cccc8c67)ccc54)n3)cc2)cc1.